The molecule has 1 aromatic rings. The minimum atomic E-state index is -0.00509. The third-order valence-corrected chi connectivity index (χ3v) is 3.39. The van der Waals surface area contributed by atoms with E-state index in [0.717, 1.165) is 15.1 Å². The maximum absolute atomic E-state index is 11.6. The van der Waals surface area contributed by atoms with Crippen molar-refractivity contribution in [1.82, 2.24) is 4.98 Å². The molecule has 0 saturated carbocycles. The van der Waals surface area contributed by atoms with Crippen molar-refractivity contribution in [1.29, 1.82) is 0 Å². The number of aromatic nitrogens is 1. The maximum atomic E-state index is 11.6. The molecule has 0 unspecified atom stereocenters. The van der Waals surface area contributed by atoms with Crippen LogP contribution in [-0.2, 0) is 0 Å². The molecule has 2 aliphatic rings. The largest absolute Gasteiger partial charge is 0.287 e. The van der Waals surface area contributed by atoms with Crippen LogP contribution in [0.5, 0.6) is 0 Å². The number of hydrogen-bond donors (Lipinski definition) is 0. The summed E-state index contributed by atoms with van der Waals surface area (Å²) in [5, 5.41) is 0. The van der Waals surface area contributed by atoms with Crippen LogP contribution in [0.25, 0.3) is 20.8 Å². The van der Waals surface area contributed by atoms with Crippen LogP contribution in [0.4, 0.5) is 0 Å². The molecular formula is C12H7NOS. The fourth-order valence-electron chi connectivity index (χ4n) is 1.57. The van der Waals surface area contributed by atoms with E-state index >= 15 is 0 Å². The number of fused-ring (bicyclic) bond motifs is 2. The first kappa shape index (κ1) is 8.56. The highest BCUT2D eigenvalue weighted by molar-refractivity contribution is 7.21. The van der Waals surface area contributed by atoms with Crippen molar-refractivity contribution < 1.29 is 0 Å². The van der Waals surface area contributed by atoms with Crippen molar-refractivity contribution in [3.63, 3.8) is 0 Å². The Labute approximate surface area is 90.2 Å². The van der Waals surface area contributed by atoms with Crippen LogP contribution in [0.1, 0.15) is 0 Å². The molecule has 3 heteroatoms. The summed E-state index contributed by atoms with van der Waals surface area (Å²) in [4.78, 5) is 16.9. The van der Waals surface area contributed by atoms with E-state index in [0.29, 0.717) is 5.69 Å². The summed E-state index contributed by atoms with van der Waals surface area (Å²) < 4.78 is 1.11. The summed E-state index contributed by atoms with van der Waals surface area (Å²) in [6.45, 7) is 0. The van der Waals surface area contributed by atoms with Gasteiger partial charge in [-0.2, -0.15) is 0 Å². The van der Waals surface area contributed by atoms with Gasteiger partial charge in [0.05, 0.1) is 15.1 Å². The van der Waals surface area contributed by atoms with Crippen LogP contribution in [0.15, 0.2) is 47.3 Å². The second-order valence-corrected chi connectivity index (χ2v) is 4.37. The van der Waals surface area contributed by atoms with Gasteiger partial charge in [0.2, 0.25) is 5.43 Å². The van der Waals surface area contributed by atoms with Gasteiger partial charge in [0.25, 0.3) is 0 Å². The maximum Gasteiger partial charge on any atom is 0.205 e. The van der Waals surface area contributed by atoms with E-state index in [1.54, 1.807) is 23.5 Å². The lowest BCUT2D eigenvalue weighted by Crippen LogP contribution is -2.04. The molecule has 0 N–H and O–H groups in total. The molecular weight excluding hydrogens is 206 g/mol. The summed E-state index contributed by atoms with van der Waals surface area (Å²) in [5.41, 5.74) is 1.45. The van der Waals surface area contributed by atoms with Gasteiger partial charge in [-0.3, -0.25) is 4.79 Å². The van der Waals surface area contributed by atoms with Crippen LogP contribution in [-0.4, -0.2) is 4.98 Å². The van der Waals surface area contributed by atoms with Gasteiger partial charge in [0.1, 0.15) is 5.69 Å². The van der Waals surface area contributed by atoms with Gasteiger partial charge < -0.3 is 0 Å². The first-order chi connectivity index (χ1) is 7.34. The zero-order valence-electron chi connectivity index (χ0n) is 7.81. The van der Waals surface area contributed by atoms with Crippen molar-refractivity contribution >= 4 is 21.6 Å². The fourth-order valence-corrected chi connectivity index (χ4v) is 2.56. The Morgan fingerprint density at radius 2 is 1.87 bits per heavy atom. The second kappa shape index (κ2) is 3.14. The zero-order valence-corrected chi connectivity index (χ0v) is 8.62. The SMILES string of the molecule is O=c1cccc2sc3ccccc3nc1-2. The average molecular weight is 213 g/mol. The molecule has 1 heterocycles. The number of hydrogen-bond acceptors (Lipinski definition) is 3. The lowest BCUT2D eigenvalue weighted by atomic mass is 10.2. The Balaban J connectivity index is 2.54. The van der Waals surface area contributed by atoms with Crippen LogP contribution in [0.3, 0.4) is 0 Å². The van der Waals surface area contributed by atoms with E-state index in [4.69, 9.17) is 0 Å². The van der Waals surface area contributed by atoms with Crippen molar-refractivity contribution in [2.24, 2.45) is 0 Å². The molecule has 1 aromatic carbocycles. The Morgan fingerprint density at radius 1 is 1.00 bits per heavy atom. The van der Waals surface area contributed by atoms with Crippen LogP contribution in [0, 0.1) is 0 Å². The predicted octanol–water partition coefficient (Wildman–Crippen LogP) is 2.76. The average Bonchev–Trinajstić information content (AvgIpc) is 2.27. The summed E-state index contributed by atoms with van der Waals surface area (Å²) in [6, 6.07) is 13.1. The molecule has 0 spiro atoms. The molecule has 15 heavy (non-hydrogen) atoms. The van der Waals surface area contributed by atoms with Gasteiger partial charge in [0.15, 0.2) is 0 Å². The van der Waals surface area contributed by atoms with E-state index in [1.165, 1.54) is 0 Å². The number of benzene rings is 2. The zero-order chi connectivity index (χ0) is 10.3. The smallest absolute Gasteiger partial charge is 0.205 e. The molecule has 72 valence electrons. The summed E-state index contributed by atoms with van der Waals surface area (Å²) in [6.07, 6.45) is 0. The molecule has 2 nitrogen and oxygen atoms in total. The Hall–Kier alpha value is -1.74. The minimum absolute atomic E-state index is 0.00509. The van der Waals surface area contributed by atoms with Gasteiger partial charge >= 0.3 is 0 Å². The molecule has 0 fully saturated rings. The van der Waals surface area contributed by atoms with Crippen molar-refractivity contribution in [2.75, 3.05) is 0 Å². The fraction of sp³-hybridized carbons (Fsp3) is 0. The monoisotopic (exact) mass is 213 g/mol. The predicted molar refractivity (Wildman–Crippen MR) is 62.5 cm³/mol. The first-order valence-corrected chi connectivity index (χ1v) is 5.45. The third kappa shape index (κ3) is 1.32. The van der Waals surface area contributed by atoms with Crippen LogP contribution >= 0.6 is 11.3 Å². The standard InChI is InChI=1S/C12H7NOS/c14-9-5-3-7-11-12(9)13-8-4-1-2-6-10(8)15-11/h1-7H. The second-order valence-electron chi connectivity index (χ2n) is 3.28. The number of rotatable bonds is 0. The molecule has 3 rings (SSSR count). The van der Waals surface area contributed by atoms with Crippen LogP contribution < -0.4 is 5.43 Å². The van der Waals surface area contributed by atoms with Gasteiger partial charge in [-0.1, -0.05) is 18.2 Å². The van der Waals surface area contributed by atoms with Crippen LogP contribution in [0.2, 0.25) is 0 Å². The van der Waals surface area contributed by atoms with Gasteiger partial charge in [0, 0.05) is 0 Å². The molecule has 0 aromatic heterocycles. The van der Waals surface area contributed by atoms with Gasteiger partial charge in [-0.25, -0.2) is 4.98 Å². The third-order valence-electron chi connectivity index (χ3n) is 2.28. The lowest BCUT2D eigenvalue weighted by molar-refractivity contribution is 1.38. The van der Waals surface area contributed by atoms with E-state index in [9.17, 15) is 4.79 Å². The van der Waals surface area contributed by atoms with Crippen molar-refractivity contribution in [3.05, 3.63) is 52.7 Å². The van der Waals surface area contributed by atoms with E-state index in [2.05, 4.69) is 4.98 Å². The van der Waals surface area contributed by atoms with E-state index in [-0.39, 0.29) is 5.43 Å². The molecule has 0 saturated heterocycles. The lowest BCUT2D eigenvalue weighted by Gasteiger charge is -2.03. The molecule has 0 bridgehead atoms. The van der Waals surface area contributed by atoms with Crippen molar-refractivity contribution in [2.45, 2.75) is 0 Å². The summed E-state index contributed by atoms with van der Waals surface area (Å²) in [7, 11) is 0. The highest BCUT2D eigenvalue weighted by Crippen LogP contribution is 2.27. The number of para-hydroxylation sites is 2. The Bertz CT molecular complexity index is 659. The highest BCUT2D eigenvalue weighted by Gasteiger charge is 2.08. The normalized spacial score (nSPS) is 10.9. The molecule has 0 radical (unpaired) electrons. The topological polar surface area (TPSA) is 30.0 Å². The highest BCUT2D eigenvalue weighted by atomic mass is 32.1. The van der Waals surface area contributed by atoms with E-state index in [1.807, 2.05) is 30.3 Å². The quantitative estimate of drug-likeness (QED) is 0.537. The Morgan fingerprint density at radius 3 is 2.80 bits per heavy atom. The first-order valence-electron chi connectivity index (χ1n) is 4.63. The molecule has 1 aliphatic heterocycles. The van der Waals surface area contributed by atoms with Gasteiger partial charge in [-0.05, 0) is 24.3 Å². The van der Waals surface area contributed by atoms with E-state index < -0.39 is 0 Å². The molecule has 0 atom stereocenters. The molecule has 0 amide bonds. The van der Waals surface area contributed by atoms with Gasteiger partial charge in [-0.15, -0.1) is 11.3 Å². The molecule has 1 aliphatic carbocycles. The summed E-state index contributed by atoms with van der Waals surface area (Å²) in [5.74, 6) is 0. The van der Waals surface area contributed by atoms with Crippen molar-refractivity contribution in [3.8, 4) is 10.6 Å². The number of nitrogens with zero attached hydrogens (tertiary/aromatic N) is 1. The minimum Gasteiger partial charge on any atom is -0.287 e. The summed E-state index contributed by atoms with van der Waals surface area (Å²) >= 11 is 1.60. The Kier molecular flexibility index (Phi) is 1.79.